The van der Waals surface area contributed by atoms with Crippen molar-refractivity contribution in [2.45, 2.75) is 37.8 Å². The van der Waals surface area contributed by atoms with Crippen LogP contribution in [0.2, 0.25) is 0 Å². The molecule has 0 bridgehead atoms. The third-order valence-corrected chi connectivity index (χ3v) is 4.12. The molecule has 5 nitrogen and oxygen atoms in total. The summed E-state index contributed by atoms with van der Waals surface area (Å²) in [5.74, 6) is 0.793. The number of nitrogens with two attached hydrogens (primary N) is 1. The Balaban J connectivity index is 1.50. The molecule has 2 N–H and O–H groups in total. The molecular formula is C13H20N4O. The summed E-state index contributed by atoms with van der Waals surface area (Å²) < 4.78 is 1.98. The van der Waals surface area contributed by atoms with E-state index in [1.807, 2.05) is 28.0 Å². The van der Waals surface area contributed by atoms with Crippen molar-refractivity contribution in [2.75, 3.05) is 13.1 Å². The number of hydrogen-bond acceptors (Lipinski definition) is 3. The molecule has 1 aromatic heterocycles. The minimum atomic E-state index is -0.505. The first kappa shape index (κ1) is 11.7. The highest BCUT2D eigenvalue weighted by atomic mass is 16.2. The van der Waals surface area contributed by atoms with Crippen molar-refractivity contribution in [3.63, 3.8) is 0 Å². The van der Waals surface area contributed by atoms with Gasteiger partial charge in [-0.2, -0.15) is 5.10 Å². The summed E-state index contributed by atoms with van der Waals surface area (Å²) in [5, 5.41) is 4.23. The van der Waals surface area contributed by atoms with E-state index in [4.69, 9.17) is 5.73 Å². The Labute approximate surface area is 107 Å². The maximum absolute atomic E-state index is 12.1. The first-order valence-corrected chi connectivity index (χ1v) is 6.73. The van der Waals surface area contributed by atoms with Crippen molar-refractivity contribution < 1.29 is 4.79 Å². The van der Waals surface area contributed by atoms with E-state index in [0.29, 0.717) is 5.92 Å². The topological polar surface area (TPSA) is 64.2 Å². The number of nitrogens with zero attached hydrogens (tertiary/aromatic N) is 3. The SMILES string of the molecule is NC1(C(=O)N2CCC(Cn3cccn3)CC2)CC1. The molecule has 1 saturated carbocycles. The monoisotopic (exact) mass is 248 g/mol. The molecule has 2 fully saturated rings. The lowest BCUT2D eigenvalue weighted by atomic mass is 9.96. The first-order valence-electron chi connectivity index (χ1n) is 6.73. The fourth-order valence-corrected chi connectivity index (χ4v) is 2.66. The summed E-state index contributed by atoms with van der Waals surface area (Å²) in [6, 6.07) is 1.95. The van der Waals surface area contributed by atoms with E-state index < -0.39 is 5.54 Å². The quantitative estimate of drug-likeness (QED) is 0.852. The molecule has 98 valence electrons. The summed E-state index contributed by atoms with van der Waals surface area (Å²) in [4.78, 5) is 14.0. The van der Waals surface area contributed by atoms with E-state index in [1.54, 1.807) is 0 Å². The van der Waals surface area contributed by atoms with Crippen LogP contribution < -0.4 is 5.73 Å². The van der Waals surface area contributed by atoms with Crippen molar-refractivity contribution in [3.8, 4) is 0 Å². The number of hydrogen-bond donors (Lipinski definition) is 1. The van der Waals surface area contributed by atoms with Crippen LogP contribution in [-0.2, 0) is 11.3 Å². The fraction of sp³-hybridized carbons (Fsp3) is 0.692. The predicted molar refractivity (Wildman–Crippen MR) is 67.7 cm³/mol. The second-order valence-electron chi connectivity index (χ2n) is 5.62. The van der Waals surface area contributed by atoms with E-state index in [1.165, 1.54) is 0 Å². The number of carbonyl (C=O) groups excluding carboxylic acids is 1. The summed E-state index contributed by atoms with van der Waals surface area (Å²) in [6.45, 7) is 2.66. The average Bonchev–Trinajstić information content (AvgIpc) is 2.93. The molecule has 0 atom stereocenters. The van der Waals surface area contributed by atoms with Crippen LogP contribution in [0.25, 0.3) is 0 Å². The molecule has 0 spiro atoms. The summed E-state index contributed by atoms with van der Waals surface area (Å²) in [6.07, 6.45) is 7.64. The van der Waals surface area contributed by atoms with Gasteiger partial charge in [-0.15, -0.1) is 0 Å². The zero-order valence-corrected chi connectivity index (χ0v) is 10.6. The Kier molecular flexibility index (Phi) is 2.86. The molecule has 1 aliphatic carbocycles. The minimum Gasteiger partial charge on any atom is -0.341 e. The lowest BCUT2D eigenvalue weighted by Gasteiger charge is -2.33. The maximum atomic E-state index is 12.1. The lowest BCUT2D eigenvalue weighted by molar-refractivity contribution is -0.135. The van der Waals surface area contributed by atoms with Crippen molar-refractivity contribution in [1.29, 1.82) is 0 Å². The third kappa shape index (κ3) is 2.27. The second-order valence-corrected chi connectivity index (χ2v) is 5.62. The van der Waals surface area contributed by atoms with Gasteiger partial charge in [-0.3, -0.25) is 9.48 Å². The van der Waals surface area contributed by atoms with Gasteiger partial charge in [0, 0.05) is 32.0 Å². The van der Waals surface area contributed by atoms with Gasteiger partial charge < -0.3 is 10.6 Å². The summed E-state index contributed by atoms with van der Waals surface area (Å²) >= 11 is 0. The predicted octanol–water partition coefficient (Wildman–Crippen LogP) is 0.613. The Bertz CT molecular complexity index is 416. The highest BCUT2D eigenvalue weighted by Crippen LogP contribution is 2.35. The molecule has 18 heavy (non-hydrogen) atoms. The number of likely N-dealkylation sites (tertiary alicyclic amines) is 1. The van der Waals surface area contributed by atoms with Gasteiger partial charge in [0.2, 0.25) is 5.91 Å². The van der Waals surface area contributed by atoms with Gasteiger partial charge in [0.05, 0.1) is 5.54 Å². The smallest absolute Gasteiger partial charge is 0.242 e. The van der Waals surface area contributed by atoms with Crippen molar-refractivity contribution in [2.24, 2.45) is 11.7 Å². The van der Waals surface area contributed by atoms with Gasteiger partial charge in [-0.25, -0.2) is 0 Å². The molecule has 1 aromatic rings. The lowest BCUT2D eigenvalue weighted by Crippen LogP contribution is -2.49. The Morgan fingerprint density at radius 1 is 1.39 bits per heavy atom. The van der Waals surface area contributed by atoms with Crippen LogP contribution in [0, 0.1) is 5.92 Å². The second kappa shape index (κ2) is 4.39. The van der Waals surface area contributed by atoms with Crippen molar-refractivity contribution >= 4 is 5.91 Å². The maximum Gasteiger partial charge on any atom is 0.242 e. The van der Waals surface area contributed by atoms with E-state index in [9.17, 15) is 4.79 Å². The average molecular weight is 248 g/mol. The van der Waals surface area contributed by atoms with Crippen LogP contribution in [0.4, 0.5) is 0 Å². The highest BCUT2D eigenvalue weighted by Gasteiger charge is 2.48. The normalized spacial score (nSPS) is 23.1. The Morgan fingerprint density at radius 3 is 2.67 bits per heavy atom. The molecule has 5 heteroatoms. The molecule has 1 amide bonds. The van der Waals surface area contributed by atoms with Gasteiger partial charge >= 0.3 is 0 Å². The van der Waals surface area contributed by atoms with Gasteiger partial charge in [0.15, 0.2) is 0 Å². The van der Waals surface area contributed by atoms with Crippen LogP contribution in [0.3, 0.4) is 0 Å². The molecule has 0 radical (unpaired) electrons. The Hall–Kier alpha value is -1.36. The standard InChI is InChI=1S/C13H20N4O/c14-13(4-5-13)12(18)16-8-2-11(3-9-16)10-17-7-1-6-15-17/h1,6-7,11H,2-5,8-10,14H2. The number of aromatic nitrogens is 2. The van der Waals surface area contributed by atoms with Crippen LogP contribution in [0.15, 0.2) is 18.5 Å². The van der Waals surface area contributed by atoms with Gasteiger partial charge in [0.25, 0.3) is 0 Å². The molecule has 1 saturated heterocycles. The Morgan fingerprint density at radius 2 is 2.11 bits per heavy atom. The van der Waals surface area contributed by atoms with Crippen molar-refractivity contribution in [3.05, 3.63) is 18.5 Å². The third-order valence-electron chi connectivity index (χ3n) is 4.12. The largest absolute Gasteiger partial charge is 0.341 e. The van der Waals surface area contributed by atoms with Crippen molar-refractivity contribution in [1.82, 2.24) is 14.7 Å². The van der Waals surface area contributed by atoms with E-state index in [0.717, 1.165) is 45.3 Å². The fourth-order valence-electron chi connectivity index (χ4n) is 2.66. The molecule has 2 heterocycles. The molecule has 1 aliphatic heterocycles. The summed E-state index contributed by atoms with van der Waals surface area (Å²) in [5.41, 5.74) is 5.45. The van der Waals surface area contributed by atoms with Gasteiger partial charge in [-0.05, 0) is 37.7 Å². The number of piperidine rings is 1. The molecule has 0 aromatic carbocycles. The first-order chi connectivity index (χ1) is 8.67. The highest BCUT2D eigenvalue weighted by molar-refractivity contribution is 5.89. The summed E-state index contributed by atoms with van der Waals surface area (Å²) in [7, 11) is 0. The minimum absolute atomic E-state index is 0.167. The van der Waals surface area contributed by atoms with Gasteiger partial charge in [-0.1, -0.05) is 0 Å². The number of rotatable bonds is 3. The zero-order valence-electron chi connectivity index (χ0n) is 10.6. The molecule has 0 unspecified atom stereocenters. The van der Waals surface area contributed by atoms with E-state index in [-0.39, 0.29) is 5.91 Å². The van der Waals surface area contributed by atoms with E-state index in [2.05, 4.69) is 5.10 Å². The zero-order chi connectivity index (χ0) is 12.6. The molecular weight excluding hydrogens is 228 g/mol. The van der Waals surface area contributed by atoms with E-state index >= 15 is 0 Å². The van der Waals surface area contributed by atoms with Crippen LogP contribution in [-0.4, -0.2) is 39.2 Å². The van der Waals surface area contributed by atoms with Crippen LogP contribution in [0.1, 0.15) is 25.7 Å². The number of amides is 1. The van der Waals surface area contributed by atoms with Crippen LogP contribution in [0.5, 0.6) is 0 Å². The number of carbonyl (C=O) groups is 1. The van der Waals surface area contributed by atoms with Gasteiger partial charge in [0.1, 0.15) is 0 Å². The molecule has 2 aliphatic rings. The molecule has 3 rings (SSSR count). The van der Waals surface area contributed by atoms with Crippen LogP contribution >= 0.6 is 0 Å².